The second kappa shape index (κ2) is 9.81. The molecule has 3 heteroatoms. The first-order valence-corrected chi connectivity index (χ1v) is 9.05. The number of ketones is 1. The summed E-state index contributed by atoms with van der Waals surface area (Å²) in [5.41, 5.74) is 3.54. The van der Waals surface area contributed by atoms with Crippen LogP contribution in [0.5, 0.6) is 0 Å². The van der Waals surface area contributed by atoms with Gasteiger partial charge in [-0.25, -0.2) is 0 Å². The van der Waals surface area contributed by atoms with Crippen LogP contribution in [0.25, 0.3) is 22.3 Å². The summed E-state index contributed by atoms with van der Waals surface area (Å²) < 4.78 is 0. The molecule has 2 nitrogen and oxygen atoms in total. The van der Waals surface area contributed by atoms with Crippen LogP contribution in [0, 0.1) is 5.41 Å². The van der Waals surface area contributed by atoms with Crippen molar-refractivity contribution in [2.45, 2.75) is 20.8 Å². The van der Waals surface area contributed by atoms with Gasteiger partial charge in [-0.15, -0.1) is 5.76 Å². The quantitative estimate of drug-likeness (QED) is 0.295. The molecule has 0 aromatic heterocycles. The van der Waals surface area contributed by atoms with Crippen LogP contribution in [-0.4, -0.2) is 5.78 Å². The van der Waals surface area contributed by atoms with Gasteiger partial charge in [-0.2, -0.15) is 0 Å². The molecule has 0 saturated carbocycles. The molecule has 0 spiro atoms. The average molecular weight is 395 g/mol. The molecule has 0 heterocycles. The molecular formula is C25H23KO2. The fourth-order valence-corrected chi connectivity index (χ4v) is 2.94. The SMILES string of the molecule is CC(C)(C)/C([O-])=C/C(=O)c1c(-c2ccccc2)cccc1-c1ccccc1.[K+]. The summed E-state index contributed by atoms with van der Waals surface area (Å²) >= 11 is 0. The molecule has 3 rings (SSSR count). The van der Waals surface area contributed by atoms with Crippen LogP contribution in [0.1, 0.15) is 31.1 Å². The Kier molecular flexibility index (Phi) is 7.99. The van der Waals surface area contributed by atoms with E-state index in [-0.39, 0.29) is 62.9 Å². The minimum absolute atomic E-state index is 0. The Bertz CT molecular complexity index is 911. The van der Waals surface area contributed by atoms with Crippen molar-refractivity contribution in [2.24, 2.45) is 5.41 Å². The van der Waals surface area contributed by atoms with Crippen molar-refractivity contribution in [3.05, 3.63) is 96.3 Å². The maximum atomic E-state index is 13.2. The zero-order chi connectivity index (χ0) is 19.4. The van der Waals surface area contributed by atoms with Gasteiger partial charge < -0.3 is 5.11 Å². The van der Waals surface area contributed by atoms with Crippen LogP contribution in [-0.2, 0) is 0 Å². The molecule has 0 fully saturated rings. The molecule has 0 bridgehead atoms. The Morgan fingerprint density at radius 2 is 1.18 bits per heavy atom. The predicted octanol–water partition coefficient (Wildman–Crippen LogP) is 2.50. The smallest absolute Gasteiger partial charge is 0.875 e. The van der Waals surface area contributed by atoms with E-state index in [1.165, 1.54) is 6.08 Å². The molecule has 0 radical (unpaired) electrons. The number of rotatable bonds is 4. The fourth-order valence-electron chi connectivity index (χ4n) is 2.94. The predicted molar refractivity (Wildman–Crippen MR) is 109 cm³/mol. The first kappa shape index (κ1) is 22.8. The van der Waals surface area contributed by atoms with Gasteiger partial charge in [0.2, 0.25) is 0 Å². The molecule has 0 N–H and O–H groups in total. The van der Waals surface area contributed by atoms with Crippen molar-refractivity contribution in [3.8, 4) is 22.3 Å². The topological polar surface area (TPSA) is 40.1 Å². The Hall–Kier alpha value is -1.49. The van der Waals surface area contributed by atoms with Gasteiger partial charge >= 0.3 is 51.4 Å². The number of hydrogen-bond acceptors (Lipinski definition) is 2. The molecule has 3 aromatic carbocycles. The van der Waals surface area contributed by atoms with Crippen molar-refractivity contribution in [1.29, 1.82) is 0 Å². The second-order valence-electron chi connectivity index (χ2n) is 7.58. The van der Waals surface area contributed by atoms with Crippen molar-refractivity contribution < 1.29 is 61.3 Å². The van der Waals surface area contributed by atoms with E-state index in [9.17, 15) is 9.90 Å². The van der Waals surface area contributed by atoms with E-state index in [0.717, 1.165) is 22.3 Å². The van der Waals surface area contributed by atoms with E-state index < -0.39 is 5.41 Å². The van der Waals surface area contributed by atoms with Crippen LogP contribution < -0.4 is 56.5 Å². The molecule has 136 valence electrons. The number of carbonyl (C=O) groups excluding carboxylic acids is 1. The normalized spacial score (nSPS) is 11.6. The molecule has 0 aliphatic rings. The third-order valence-electron chi connectivity index (χ3n) is 4.48. The molecule has 0 aliphatic carbocycles. The zero-order valence-corrected chi connectivity index (χ0v) is 20.0. The van der Waals surface area contributed by atoms with Crippen LogP contribution in [0.3, 0.4) is 0 Å². The standard InChI is InChI=1S/C25H24O2.K/c1-25(2,3)23(27)17-22(26)24-20(18-11-6-4-7-12-18)15-10-16-21(24)19-13-8-5-9-14-19;/h4-17,27H,1-3H3;/q;+1/p-1/b23-17-;. The van der Waals surface area contributed by atoms with Crippen LogP contribution in [0.4, 0.5) is 0 Å². The number of carbonyl (C=O) groups is 1. The van der Waals surface area contributed by atoms with Gasteiger partial charge in [-0.05, 0) is 33.7 Å². The Morgan fingerprint density at radius 1 is 0.750 bits per heavy atom. The maximum absolute atomic E-state index is 13.2. The minimum Gasteiger partial charge on any atom is -0.875 e. The largest absolute Gasteiger partial charge is 1.00 e. The van der Waals surface area contributed by atoms with E-state index in [1.807, 2.05) is 99.6 Å². The molecule has 0 saturated heterocycles. The molecule has 0 amide bonds. The van der Waals surface area contributed by atoms with Gasteiger partial charge in [0, 0.05) is 5.56 Å². The zero-order valence-electron chi connectivity index (χ0n) is 16.9. The van der Waals surface area contributed by atoms with E-state index >= 15 is 0 Å². The molecular weight excluding hydrogens is 371 g/mol. The summed E-state index contributed by atoms with van der Waals surface area (Å²) in [5.74, 6) is -0.428. The molecule has 28 heavy (non-hydrogen) atoms. The van der Waals surface area contributed by atoms with Crippen LogP contribution in [0.2, 0.25) is 0 Å². The van der Waals surface area contributed by atoms with Crippen LogP contribution >= 0.6 is 0 Å². The number of hydrogen-bond donors (Lipinski definition) is 0. The van der Waals surface area contributed by atoms with Gasteiger partial charge in [0.25, 0.3) is 0 Å². The Morgan fingerprint density at radius 3 is 1.57 bits per heavy atom. The maximum Gasteiger partial charge on any atom is 1.00 e. The van der Waals surface area contributed by atoms with Crippen molar-refractivity contribution >= 4 is 5.78 Å². The third kappa shape index (κ3) is 5.31. The summed E-state index contributed by atoms with van der Waals surface area (Å²) in [5, 5.41) is 12.5. The first-order chi connectivity index (χ1) is 12.9. The van der Waals surface area contributed by atoms with Gasteiger partial charge in [-0.1, -0.05) is 99.6 Å². The summed E-state index contributed by atoms with van der Waals surface area (Å²) in [6.07, 6.45) is 1.24. The summed E-state index contributed by atoms with van der Waals surface area (Å²) in [7, 11) is 0. The van der Waals surface area contributed by atoms with Crippen molar-refractivity contribution in [3.63, 3.8) is 0 Å². The summed E-state index contributed by atoms with van der Waals surface area (Å²) in [6, 6.07) is 25.4. The van der Waals surface area contributed by atoms with Gasteiger partial charge in [0.15, 0.2) is 5.78 Å². The summed E-state index contributed by atoms with van der Waals surface area (Å²) in [4.78, 5) is 13.2. The number of benzene rings is 3. The van der Waals surface area contributed by atoms with Crippen molar-refractivity contribution in [2.75, 3.05) is 0 Å². The first-order valence-electron chi connectivity index (χ1n) is 9.05. The van der Waals surface area contributed by atoms with E-state index in [0.29, 0.717) is 5.56 Å². The summed E-state index contributed by atoms with van der Waals surface area (Å²) in [6.45, 7) is 5.46. The molecule has 0 atom stereocenters. The average Bonchev–Trinajstić information content (AvgIpc) is 2.68. The van der Waals surface area contributed by atoms with E-state index in [2.05, 4.69) is 0 Å². The fraction of sp³-hybridized carbons (Fsp3) is 0.160. The Labute approximate surface area is 209 Å². The second-order valence-corrected chi connectivity index (χ2v) is 7.58. The van der Waals surface area contributed by atoms with E-state index in [4.69, 9.17) is 0 Å². The Balaban J connectivity index is 0.00000280. The van der Waals surface area contributed by atoms with E-state index in [1.54, 1.807) is 0 Å². The third-order valence-corrected chi connectivity index (χ3v) is 4.48. The number of allylic oxidation sites excluding steroid dienone is 2. The monoisotopic (exact) mass is 394 g/mol. The minimum atomic E-state index is -0.593. The van der Waals surface area contributed by atoms with Gasteiger partial charge in [0.05, 0.1) is 0 Å². The molecule has 3 aromatic rings. The van der Waals surface area contributed by atoms with Gasteiger partial charge in [-0.3, -0.25) is 4.79 Å². The van der Waals surface area contributed by atoms with Crippen LogP contribution in [0.15, 0.2) is 90.7 Å². The molecule has 0 unspecified atom stereocenters. The molecule has 0 aliphatic heterocycles. The van der Waals surface area contributed by atoms with Gasteiger partial charge in [0.1, 0.15) is 0 Å². The van der Waals surface area contributed by atoms with Crippen molar-refractivity contribution in [1.82, 2.24) is 0 Å².